The standard InChI is InChI=1S/C18H19IN2/c19-17-6-2-3-7-18(17)20-14-15-8-10-16(11-9-15)21-12-4-1-5-13-21/h2-3,6-11,14H,1,4-5,12-13H2. The van der Waals surface area contributed by atoms with Gasteiger partial charge in [-0.3, -0.25) is 4.99 Å². The molecule has 0 unspecified atom stereocenters. The van der Waals surface area contributed by atoms with E-state index in [1.807, 2.05) is 24.4 Å². The number of benzene rings is 2. The fourth-order valence-corrected chi connectivity index (χ4v) is 3.15. The summed E-state index contributed by atoms with van der Waals surface area (Å²) in [5.74, 6) is 0. The van der Waals surface area contributed by atoms with E-state index >= 15 is 0 Å². The van der Waals surface area contributed by atoms with Crippen LogP contribution in [0.2, 0.25) is 0 Å². The lowest BCUT2D eigenvalue weighted by molar-refractivity contribution is 0.578. The van der Waals surface area contributed by atoms with E-state index in [1.54, 1.807) is 0 Å². The van der Waals surface area contributed by atoms with Gasteiger partial charge in [0.1, 0.15) is 0 Å². The maximum atomic E-state index is 4.57. The second-order valence-electron chi connectivity index (χ2n) is 5.35. The van der Waals surface area contributed by atoms with E-state index in [2.05, 4.69) is 62.8 Å². The average molecular weight is 390 g/mol. The average Bonchev–Trinajstić information content (AvgIpc) is 2.55. The van der Waals surface area contributed by atoms with Crippen molar-refractivity contribution in [3.05, 3.63) is 57.7 Å². The predicted molar refractivity (Wildman–Crippen MR) is 98.9 cm³/mol. The highest BCUT2D eigenvalue weighted by Gasteiger charge is 2.10. The van der Waals surface area contributed by atoms with Crippen molar-refractivity contribution in [2.45, 2.75) is 19.3 Å². The van der Waals surface area contributed by atoms with Crippen molar-refractivity contribution in [2.75, 3.05) is 18.0 Å². The number of rotatable bonds is 3. The molecule has 0 spiro atoms. The van der Waals surface area contributed by atoms with Crippen LogP contribution < -0.4 is 4.90 Å². The molecule has 1 saturated heterocycles. The molecular formula is C18H19IN2. The van der Waals surface area contributed by atoms with E-state index in [9.17, 15) is 0 Å². The predicted octanol–water partition coefficient (Wildman–Crippen LogP) is 5.03. The SMILES string of the molecule is Ic1ccccc1N=Cc1ccc(N2CCCCC2)cc1. The molecule has 1 fully saturated rings. The third kappa shape index (κ3) is 3.84. The minimum atomic E-state index is 1.03. The molecular weight excluding hydrogens is 371 g/mol. The van der Waals surface area contributed by atoms with E-state index in [0.717, 1.165) is 11.3 Å². The Morgan fingerprint density at radius 3 is 2.33 bits per heavy atom. The maximum Gasteiger partial charge on any atom is 0.0763 e. The Labute approximate surface area is 140 Å². The van der Waals surface area contributed by atoms with Crippen LogP contribution in [0.5, 0.6) is 0 Å². The Morgan fingerprint density at radius 2 is 1.62 bits per heavy atom. The number of hydrogen-bond acceptors (Lipinski definition) is 2. The van der Waals surface area contributed by atoms with Crippen LogP contribution in [0.15, 0.2) is 53.5 Å². The first-order valence-corrected chi connectivity index (χ1v) is 8.54. The number of anilines is 1. The van der Waals surface area contributed by atoms with E-state index in [4.69, 9.17) is 0 Å². The molecule has 0 atom stereocenters. The zero-order chi connectivity index (χ0) is 14.5. The minimum absolute atomic E-state index is 1.03. The van der Waals surface area contributed by atoms with Crippen LogP contribution in [0, 0.1) is 3.57 Å². The highest BCUT2D eigenvalue weighted by Crippen LogP contribution is 2.22. The van der Waals surface area contributed by atoms with E-state index in [-0.39, 0.29) is 0 Å². The van der Waals surface area contributed by atoms with Gasteiger partial charge in [-0.05, 0) is 71.7 Å². The Kier molecular flexibility index (Phi) is 4.91. The lowest BCUT2D eigenvalue weighted by atomic mass is 10.1. The molecule has 21 heavy (non-hydrogen) atoms. The summed E-state index contributed by atoms with van der Waals surface area (Å²) in [6.45, 7) is 2.38. The molecule has 0 aromatic heterocycles. The minimum Gasteiger partial charge on any atom is -0.372 e. The number of halogens is 1. The van der Waals surface area contributed by atoms with Crippen LogP contribution in [-0.4, -0.2) is 19.3 Å². The Balaban J connectivity index is 1.71. The van der Waals surface area contributed by atoms with Gasteiger partial charge in [-0.1, -0.05) is 24.3 Å². The molecule has 3 rings (SSSR count). The van der Waals surface area contributed by atoms with Gasteiger partial charge in [0.15, 0.2) is 0 Å². The number of aliphatic imine (C=N–C) groups is 1. The lowest BCUT2D eigenvalue weighted by Crippen LogP contribution is -2.29. The summed E-state index contributed by atoms with van der Waals surface area (Å²) >= 11 is 2.32. The zero-order valence-corrected chi connectivity index (χ0v) is 14.2. The monoisotopic (exact) mass is 390 g/mol. The molecule has 108 valence electrons. The number of para-hydroxylation sites is 1. The van der Waals surface area contributed by atoms with Crippen molar-refractivity contribution in [3.8, 4) is 0 Å². The molecule has 1 aliphatic rings. The third-order valence-electron chi connectivity index (χ3n) is 3.82. The molecule has 1 heterocycles. The fraction of sp³-hybridized carbons (Fsp3) is 0.278. The maximum absolute atomic E-state index is 4.57. The topological polar surface area (TPSA) is 15.6 Å². The van der Waals surface area contributed by atoms with Gasteiger partial charge < -0.3 is 4.90 Å². The normalized spacial score (nSPS) is 15.6. The van der Waals surface area contributed by atoms with E-state index < -0.39 is 0 Å². The van der Waals surface area contributed by atoms with Gasteiger partial charge in [0, 0.05) is 28.6 Å². The summed E-state index contributed by atoms with van der Waals surface area (Å²) in [6.07, 6.45) is 5.94. The van der Waals surface area contributed by atoms with Crippen LogP contribution in [-0.2, 0) is 0 Å². The van der Waals surface area contributed by atoms with Crippen molar-refractivity contribution in [3.63, 3.8) is 0 Å². The Hall–Kier alpha value is -1.36. The highest BCUT2D eigenvalue weighted by molar-refractivity contribution is 14.1. The quantitative estimate of drug-likeness (QED) is 0.530. The molecule has 0 N–H and O–H groups in total. The first kappa shape index (κ1) is 14.6. The largest absolute Gasteiger partial charge is 0.372 e. The summed E-state index contributed by atoms with van der Waals surface area (Å²) in [5, 5.41) is 0. The van der Waals surface area contributed by atoms with Gasteiger partial charge in [0.05, 0.1) is 5.69 Å². The molecule has 2 aromatic rings. The van der Waals surface area contributed by atoms with Gasteiger partial charge in [-0.25, -0.2) is 0 Å². The number of piperidine rings is 1. The molecule has 0 aliphatic carbocycles. The van der Waals surface area contributed by atoms with Gasteiger partial charge >= 0.3 is 0 Å². The van der Waals surface area contributed by atoms with Gasteiger partial charge in [-0.15, -0.1) is 0 Å². The van der Waals surface area contributed by atoms with Crippen LogP contribution in [0.4, 0.5) is 11.4 Å². The summed E-state index contributed by atoms with van der Waals surface area (Å²) < 4.78 is 1.18. The highest BCUT2D eigenvalue weighted by atomic mass is 127. The molecule has 2 nitrogen and oxygen atoms in total. The molecule has 0 radical (unpaired) electrons. The lowest BCUT2D eigenvalue weighted by Gasteiger charge is -2.28. The molecule has 0 bridgehead atoms. The van der Waals surface area contributed by atoms with Crippen molar-refractivity contribution in [1.29, 1.82) is 0 Å². The molecule has 0 saturated carbocycles. The first-order valence-electron chi connectivity index (χ1n) is 7.46. The van der Waals surface area contributed by atoms with Crippen LogP contribution in [0.25, 0.3) is 0 Å². The second kappa shape index (κ2) is 7.07. The van der Waals surface area contributed by atoms with Crippen molar-refractivity contribution in [2.24, 2.45) is 4.99 Å². The molecule has 0 amide bonds. The molecule has 2 aromatic carbocycles. The molecule has 1 aliphatic heterocycles. The van der Waals surface area contributed by atoms with Gasteiger partial charge in [0.25, 0.3) is 0 Å². The van der Waals surface area contributed by atoms with Crippen LogP contribution >= 0.6 is 22.6 Å². The van der Waals surface area contributed by atoms with E-state index in [0.29, 0.717) is 0 Å². The van der Waals surface area contributed by atoms with E-state index in [1.165, 1.54) is 41.6 Å². The number of nitrogens with zero attached hydrogens (tertiary/aromatic N) is 2. The van der Waals surface area contributed by atoms with Crippen LogP contribution in [0.3, 0.4) is 0 Å². The smallest absolute Gasteiger partial charge is 0.0763 e. The third-order valence-corrected chi connectivity index (χ3v) is 4.73. The van der Waals surface area contributed by atoms with Crippen molar-refractivity contribution < 1.29 is 0 Å². The molecule has 3 heteroatoms. The summed E-state index contributed by atoms with van der Waals surface area (Å²) in [4.78, 5) is 7.05. The second-order valence-corrected chi connectivity index (χ2v) is 6.51. The van der Waals surface area contributed by atoms with Crippen molar-refractivity contribution in [1.82, 2.24) is 0 Å². The summed E-state index contributed by atoms with van der Waals surface area (Å²) in [5.41, 5.74) is 3.51. The summed E-state index contributed by atoms with van der Waals surface area (Å²) in [7, 11) is 0. The fourth-order valence-electron chi connectivity index (χ4n) is 2.62. The Bertz CT molecular complexity index is 613. The van der Waals surface area contributed by atoms with Gasteiger partial charge in [-0.2, -0.15) is 0 Å². The number of hydrogen-bond donors (Lipinski definition) is 0. The van der Waals surface area contributed by atoms with Crippen LogP contribution in [0.1, 0.15) is 24.8 Å². The van der Waals surface area contributed by atoms with Crippen molar-refractivity contribution >= 4 is 40.2 Å². The first-order chi connectivity index (χ1) is 10.3. The zero-order valence-electron chi connectivity index (χ0n) is 12.0. The summed E-state index contributed by atoms with van der Waals surface area (Å²) in [6, 6.07) is 16.9. The van der Waals surface area contributed by atoms with Gasteiger partial charge in [0.2, 0.25) is 0 Å². The Morgan fingerprint density at radius 1 is 0.905 bits per heavy atom.